The topological polar surface area (TPSA) is 75.4 Å². The first-order valence-corrected chi connectivity index (χ1v) is 9.03. The summed E-state index contributed by atoms with van der Waals surface area (Å²) in [5.41, 5.74) is 6.48. The Hall–Kier alpha value is -1.88. The standard InChI is InChI=1S/C19H27N3O2/c20-18(24)19(10-2-3-11-19)21-17(23)16-8-6-15(7-9-16)14-22-12-4-1-5-13-22/h6-9H,1-5,10-14H2,(H2,20,24)(H,21,23). The average molecular weight is 329 g/mol. The molecule has 130 valence electrons. The van der Waals surface area contributed by atoms with Gasteiger partial charge in [-0.15, -0.1) is 0 Å². The van der Waals surface area contributed by atoms with Gasteiger partial charge >= 0.3 is 0 Å². The molecule has 1 heterocycles. The van der Waals surface area contributed by atoms with E-state index in [9.17, 15) is 9.59 Å². The van der Waals surface area contributed by atoms with Crippen molar-refractivity contribution in [3.63, 3.8) is 0 Å². The molecule has 0 bridgehead atoms. The van der Waals surface area contributed by atoms with Crippen molar-refractivity contribution < 1.29 is 9.59 Å². The molecule has 0 atom stereocenters. The van der Waals surface area contributed by atoms with Crippen LogP contribution in [0.5, 0.6) is 0 Å². The Morgan fingerprint density at radius 3 is 2.21 bits per heavy atom. The van der Waals surface area contributed by atoms with E-state index in [0.717, 1.165) is 32.5 Å². The molecule has 5 nitrogen and oxygen atoms in total. The van der Waals surface area contributed by atoms with Crippen LogP contribution < -0.4 is 11.1 Å². The molecular weight excluding hydrogens is 302 g/mol. The molecule has 1 aromatic rings. The molecule has 1 aromatic carbocycles. The fraction of sp³-hybridized carbons (Fsp3) is 0.579. The molecule has 3 rings (SSSR count). The van der Waals surface area contributed by atoms with Crippen LogP contribution in [0, 0.1) is 0 Å². The second-order valence-corrected chi connectivity index (χ2v) is 7.14. The first-order chi connectivity index (χ1) is 11.6. The van der Waals surface area contributed by atoms with Gasteiger partial charge in [0.1, 0.15) is 5.54 Å². The van der Waals surface area contributed by atoms with Crippen molar-refractivity contribution in [1.82, 2.24) is 10.2 Å². The highest BCUT2D eigenvalue weighted by atomic mass is 16.2. The Kier molecular flexibility index (Phi) is 5.19. The Labute approximate surface area is 143 Å². The number of rotatable bonds is 5. The molecule has 0 unspecified atom stereocenters. The zero-order chi connectivity index (χ0) is 17.0. The first kappa shape index (κ1) is 17.0. The van der Waals surface area contributed by atoms with Crippen LogP contribution in [0.15, 0.2) is 24.3 Å². The number of nitrogens with two attached hydrogens (primary N) is 1. The molecule has 1 saturated heterocycles. The van der Waals surface area contributed by atoms with Gasteiger partial charge in [-0.05, 0) is 56.5 Å². The van der Waals surface area contributed by atoms with Crippen LogP contribution in [-0.4, -0.2) is 35.3 Å². The molecule has 2 aliphatic rings. The zero-order valence-corrected chi connectivity index (χ0v) is 14.2. The first-order valence-electron chi connectivity index (χ1n) is 9.03. The number of amides is 2. The summed E-state index contributed by atoms with van der Waals surface area (Å²) in [5.74, 6) is -0.629. The Morgan fingerprint density at radius 2 is 1.62 bits per heavy atom. The summed E-state index contributed by atoms with van der Waals surface area (Å²) in [6.07, 6.45) is 7.01. The molecule has 2 fully saturated rings. The summed E-state index contributed by atoms with van der Waals surface area (Å²) in [6, 6.07) is 7.71. The molecule has 1 saturated carbocycles. The maximum atomic E-state index is 12.5. The number of nitrogens with one attached hydrogen (secondary N) is 1. The number of piperidine rings is 1. The van der Waals surface area contributed by atoms with Crippen molar-refractivity contribution in [2.45, 2.75) is 57.0 Å². The predicted molar refractivity (Wildman–Crippen MR) is 93.4 cm³/mol. The second kappa shape index (κ2) is 7.34. The third-order valence-corrected chi connectivity index (χ3v) is 5.35. The summed E-state index contributed by atoms with van der Waals surface area (Å²) in [6.45, 7) is 3.25. The highest BCUT2D eigenvalue weighted by Crippen LogP contribution is 2.29. The number of carbonyl (C=O) groups is 2. The summed E-state index contributed by atoms with van der Waals surface area (Å²) in [7, 11) is 0. The minimum absolute atomic E-state index is 0.208. The predicted octanol–water partition coefficient (Wildman–Crippen LogP) is 2.20. The summed E-state index contributed by atoms with van der Waals surface area (Å²) in [4.78, 5) is 26.7. The van der Waals surface area contributed by atoms with Gasteiger partial charge in [-0.3, -0.25) is 14.5 Å². The number of benzene rings is 1. The second-order valence-electron chi connectivity index (χ2n) is 7.14. The van der Waals surface area contributed by atoms with E-state index in [1.807, 2.05) is 24.3 Å². The maximum absolute atomic E-state index is 12.5. The van der Waals surface area contributed by atoms with Crippen LogP contribution >= 0.6 is 0 Å². The molecule has 1 aliphatic carbocycles. The van der Waals surface area contributed by atoms with E-state index < -0.39 is 11.4 Å². The van der Waals surface area contributed by atoms with E-state index in [2.05, 4.69) is 10.2 Å². The summed E-state index contributed by atoms with van der Waals surface area (Å²) in [5, 5.41) is 2.89. The van der Waals surface area contributed by atoms with E-state index in [1.165, 1.54) is 24.8 Å². The van der Waals surface area contributed by atoms with Gasteiger partial charge in [-0.2, -0.15) is 0 Å². The van der Waals surface area contributed by atoms with Crippen LogP contribution in [0.2, 0.25) is 0 Å². The molecule has 1 aliphatic heterocycles. The van der Waals surface area contributed by atoms with Crippen LogP contribution in [0.3, 0.4) is 0 Å². The van der Waals surface area contributed by atoms with Crippen LogP contribution in [-0.2, 0) is 11.3 Å². The lowest BCUT2D eigenvalue weighted by Crippen LogP contribution is -2.55. The number of primary amides is 1. The lowest BCUT2D eigenvalue weighted by Gasteiger charge is -2.27. The monoisotopic (exact) mass is 329 g/mol. The van der Waals surface area contributed by atoms with E-state index in [4.69, 9.17) is 5.73 Å². The van der Waals surface area contributed by atoms with Gasteiger partial charge < -0.3 is 11.1 Å². The summed E-state index contributed by atoms with van der Waals surface area (Å²) < 4.78 is 0. The fourth-order valence-corrected chi connectivity index (χ4v) is 3.84. The lowest BCUT2D eigenvalue weighted by atomic mass is 9.96. The Bertz CT molecular complexity index is 585. The minimum Gasteiger partial charge on any atom is -0.368 e. The van der Waals surface area contributed by atoms with E-state index in [1.54, 1.807) is 0 Å². The zero-order valence-electron chi connectivity index (χ0n) is 14.2. The lowest BCUT2D eigenvalue weighted by molar-refractivity contribution is -0.123. The van der Waals surface area contributed by atoms with Gasteiger partial charge in [0.05, 0.1) is 0 Å². The number of likely N-dealkylation sites (tertiary alicyclic amines) is 1. The van der Waals surface area contributed by atoms with Gasteiger partial charge in [0.2, 0.25) is 5.91 Å². The van der Waals surface area contributed by atoms with Crippen molar-refractivity contribution >= 4 is 11.8 Å². The van der Waals surface area contributed by atoms with E-state index in [-0.39, 0.29) is 5.91 Å². The number of nitrogens with zero attached hydrogens (tertiary/aromatic N) is 1. The quantitative estimate of drug-likeness (QED) is 0.869. The normalized spacial score (nSPS) is 20.7. The van der Waals surface area contributed by atoms with Crippen molar-refractivity contribution in [2.24, 2.45) is 5.73 Å². The smallest absolute Gasteiger partial charge is 0.252 e. The van der Waals surface area contributed by atoms with Crippen molar-refractivity contribution in [3.8, 4) is 0 Å². The number of hydrogen-bond acceptors (Lipinski definition) is 3. The molecule has 24 heavy (non-hydrogen) atoms. The minimum atomic E-state index is -0.858. The fourth-order valence-electron chi connectivity index (χ4n) is 3.84. The van der Waals surface area contributed by atoms with Crippen LogP contribution in [0.25, 0.3) is 0 Å². The van der Waals surface area contributed by atoms with Gasteiger partial charge in [0.25, 0.3) is 5.91 Å². The SMILES string of the molecule is NC(=O)C1(NC(=O)c2ccc(CN3CCCCC3)cc2)CCCC1. The van der Waals surface area contributed by atoms with Gasteiger partial charge in [0.15, 0.2) is 0 Å². The molecule has 3 N–H and O–H groups in total. The van der Waals surface area contributed by atoms with Gasteiger partial charge in [0, 0.05) is 12.1 Å². The third kappa shape index (κ3) is 3.78. The molecular formula is C19H27N3O2. The van der Waals surface area contributed by atoms with Crippen molar-refractivity contribution in [3.05, 3.63) is 35.4 Å². The molecule has 0 radical (unpaired) electrons. The molecule has 0 spiro atoms. The third-order valence-electron chi connectivity index (χ3n) is 5.35. The Balaban J connectivity index is 1.62. The number of hydrogen-bond donors (Lipinski definition) is 2. The van der Waals surface area contributed by atoms with Gasteiger partial charge in [-0.1, -0.05) is 31.4 Å². The number of carbonyl (C=O) groups excluding carboxylic acids is 2. The largest absolute Gasteiger partial charge is 0.368 e. The van der Waals surface area contributed by atoms with Gasteiger partial charge in [-0.25, -0.2) is 0 Å². The van der Waals surface area contributed by atoms with E-state index in [0.29, 0.717) is 18.4 Å². The summed E-state index contributed by atoms with van der Waals surface area (Å²) >= 11 is 0. The van der Waals surface area contributed by atoms with Crippen LogP contribution in [0.1, 0.15) is 60.9 Å². The van der Waals surface area contributed by atoms with Crippen molar-refractivity contribution in [1.29, 1.82) is 0 Å². The highest BCUT2D eigenvalue weighted by molar-refractivity contribution is 5.99. The molecule has 2 amide bonds. The molecule has 0 aromatic heterocycles. The highest BCUT2D eigenvalue weighted by Gasteiger charge is 2.40. The average Bonchev–Trinajstić information content (AvgIpc) is 3.06. The van der Waals surface area contributed by atoms with Crippen LogP contribution in [0.4, 0.5) is 0 Å². The Morgan fingerprint density at radius 1 is 1.00 bits per heavy atom. The molecule has 5 heteroatoms. The van der Waals surface area contributed by atoms with Crippen molar-refractivity contribution in [2.75, 3.05) is 13.1 Å². The van der Waals surface area contributed by atoms with E-state index >= 15 is 0 Å². The maximum Gasteiger partial charge on any atom is 0.252 e.